The molecule has 1 heterocycles. The van der Waals surface area contributed by atoms with Crippen LogP contribution in [0.3, 0.4) is 0 Å². The molecule has 0 unspecified atom stereocenters. The lowest BCUT2D eigenvalue weighted by atomic mass is 10.1. The minimum absolute atomic E-state index is 0.445. The molecule has 1 aromatic carbocycles. The van der Waals surface area contributed by atoms with Crippen LogP contribution in [0.4, 0.5) is 5.69 Å². The molecule has 0 radical (unpaired) electrons. The van der Waals surface area contributed by atoms with Crippen LogP contribution in [-0.4, -0.2) is 4.98 Å². The maximum atomic E-state index is 6.01. The zero-order valence-electron chi connectivity index (χ0n) is 11.9. The largest absolute Gasteiger partial charge is 0.487 e. The van der Waals surface area contributed by atoms with Crippen LogP contribution in [0.25, 0.3) is 0 Å². The number of nitrogens with two attached hydrogens (primary N) is 1. The molecule has 0 aliphatic carbocycles. The number of rotatable bonds is 3. The minimum atomic E-state index is 0.445. The summed E-state index contributed by atoms with van der Waals surface area (Å²) in [5.74, 6) is 0.903. The summed E-state index contributed by atoms with van der Waals surface area (Å²) < 4.78 is 5.86. The first-order valence-electron chi connectivity index (χ1n) is 6.40. The highest BCUT2D eigenvalue weighted by atomic mass is 16.5. The Labute approximate surface area is 114 Å². The molecule has 2 N–H and O–H groups in total. The number of aromatic nitrogens is 1. The van der Waals surface area contributed by atoms with Crippen molar-refractivity contribution in [1.29, 1.82) is 0 Å². The maximum Gasteiger partial charge on any atom is 0.131 e. The van der Waals surface area contributed by atoms with Crippen LogP contribution in [0.1, 0.15) is 27.9 Å². The molecule has 0 spiro atoms. The fourth-order valence-electron chi connectivity index (χ4n) is 1.96. The first-order chi connectivity index (χ1) is 9.00. The van der Waals surface area contributed by atoms with Crippen molar-refractivity contribution in [2.75, 3.05) is 5.73 Å². The number of hydrogen-bond donors (Lipinski definition) is 1. The molecule has 3 heteroatoms. The van der Waals surface area contributed by atoms with E-state index < -0.39 is 0 Å². The normalized spacial score (nSPS) is 10.5. The van der Waals surface area contributed by atoms with Crippen LogP contribution in [0, 0.1) is 27.7 Å². The van der Waals surface area contributed by atoms with Gasteiger partial charge in [-0.2, -0.15) is 0 Å². The third kappa shape index (κ3) is 2.70. The second-order valence-electron chi connectivity index (χ2n) is 4.91. The Balaban J connectivity index is 2.20. The first kappa shape index (κ1) is 13.4. The topological polar surface area (TPSA) is 48.1 Å². The predicted molar refractivity (Wildman–Crippen MR) is 78.4 cm³/mol. The second-order valence-corrected chi connectivity index (χ2v) is 4.91. The van der Waals surface area contributed by atoms with Gasteiger partial charge in [-0.3, -0.25) is 4.98 Å². The number of ether oxygens (including phenoxy) is 1. The molecule has 1 aromatic heterocycles. The molecule has 0 amide bonds. The van der Waals surface area contributed by atoms with E-state index in [1.807, 2.05) is 26.0 Å². The van der Waals surface area contributed by atoms with Crippen molar-refractivity contribution in [3.8, 4) is 5.75 Å². The van der Waals surface area contributed by atoms with Crippen molar-refractivity contribution < 1.29 is 4.74 Å². The standard InChI is InChI=1S/C16H20N2O/c1-10-6-5-7-15(12(10)3)19-9-14-13(4)16(17)11(2)8-18-14/h5-8H,9H2,1-4H3,(H2,17,18). The lowest BCUT2D eigenvalue weighted by molar-refractivity contribution is 0.298. The summed E-state index contributed by atoms with van der Waals surface area (Å²) in [4.78, 5) is 4.40. The molecular formula is C16H20N2O. The summed E-state index contributed by atoms with van der Waals surface area (Å²) in [5, 5.41) is 0. The molecule has 0 fully saturated rings. The molecule has 0 bridgehead atoms. The molecule has 3 nitrogen and oxygen atoms in total. The molecule has 0 saturated heterocycles. The van der Waals surface area contributed by atoms with Crippen LogP contribution in [-0.2, 0) is 6.61 Å². The number of anilines is 1. The quantitative estimate of drug-likeness (QED) is 0.914. The monoisotopic (exact) mass is 256 g/mol. The molecule has 0 saturated carbocycles. The molecule has 0 atom stereocenters. The summed E-state index contributed by atoms with van der Waals surface area (Å²) >= 11 is 0. The van der Waals surface area contributed by atoms with E-state index in [1.54, 1.807) is 6.20 Å². The Morgan fingerprint density at radius 3 is 2.53 bits per heavy atom. The Morgan fingerprint density at radius 1 is 1.05 bits per heavy atom. The fourth-order valence-corrected chi connectivity index (χ4v) is 1.96. The Morgan fingerprint density at radius 2 is 1.79 bits per heavy atom. The van der Waals surface area contributed by atoms with Gasteiger partial charge >= 0.3 is 0 Å². The van der Waals surface area contributed by atoms with Gasteiger partial charge in [0.15, 0.2) is 0 Å². The predicted octanol–water partition coefficient (Wildman–Crippen LogP) is 3.48. The SMILES string of the molecule is Cc1cccc(OCc2ncc(C)c(N)c2C)c1C. The number of benzene rings is 1. The number of aryl methyl sites for hydroxylation is 2. The van der Waals surface area contributed by atoms with Gasteiger partial charge in [0.25, 0.3) is 0 Å². The van der Waals surface area contributed by atoms with Gasteiger partial charge in [-0.15, -0.1) is 0 Å². The van der Waals surface area contributed by atoms with Crippen molar-refractivity contribution in [3.05, 3.63) is 52.3 Å². The zero-order valence-corrected chi connectivity index (χ0v) is 11.9. The van der Waals surface area contributed by atoms with Gasteiger partial charge < -0.3 is 10.5 Å². The summed E-state index contributed by atoms with van der Waals surface area (Å²) in [5.41, 5.74) is 12.1. The first-order valence-corrected chi connectivity index (χ1v) is 6.40. The minimum Gasteiger partial charge on any atom is -0.487 e. The number of hydrogen-bond acceptors (Lipinski definition) is 3. The van der Waals surface area contributed by atoms with E-state index in [0.717, 1.165) is 28.3 Å². The Hall–Kier alpha value is -2.03. The molecule has 2 rings (SSSR count). The van der Waals surface area contributed by atoms with E-state index in [-0.39, 0.29) is 0 Å². The van der Waals surface area contributed by atoms with E-state index >= 15 is 0 Å². The van der Waals surface area contributed by atoms with Crippen LogP contribution in [0.5, 0.6) is 5.75 Å². The molecule has 19 heavy (non-hydrogen) atoms. The average molecular weight is 256 g/mol. The highest BCUT2D eigenvalue weighted by Crippen LogP contribution is 2.23. The molecule has 0 aliphatic rings. The van der Waals surface area contributed by atoms with Crippen molar-refractivity contribution in [2.24, 2.45) is 0 Å². The Bertz CT molecular complexity index is 606. The average Bonchev–Trinajstić information content (AvgIpc) is 2.40. The van der Waals surface area contributed by atoms with Gasteiger partial charge in [0.1, 0.15) is 12.4 Å². The lowest BCUT2D eigenvalue weighted by Gasteiger charge is -2.13. The van der Waals surface area contributed by atoms with Crippen LogP contribution in [0.2, 0.25) is 0 Å². The molecule has 0 aliphatic heterocycles. The van der Waals surface area contributed by atoms with Crippen molar-refractivity contribution in [2.45, 2.75) is 34.3 Å². The second kappa shape index (κ2) is 5.31. The number of nitrogens with zero attached hydrogens (tertiary/aromatic N) is 1. The van der Waals surface area contributed by atoms with E-state index in [2.05, 4.69) is 24.9 Å². The van der Waals surface area contributed by atoms with E-state index in [0.29, 0.717) is 6.61 Å². The molecule has 2 aromatic rings. The van der Waals surface area contributed by atoms with Crippen molar-refractivity contribution >= 4 is 5.69 Å². The third-order valence-electron chi connectivity index (χ3n) is 3.60. The van der Waals surface area contributed by atoms with E-state index in [4.69, 9.17) is 10.5 Å². The van der Waals surface area contributed by atoms with Gasteiger partial charge in [0.05, 0.1) is 5.69 Å². The zero-order chi connectivity index (χ0) is 14.0. The van der Waals surface area contributed by atoms with E-state index in [9.17, 15) is 0 Å². The summed E-state index contributed by atoms with van der Waals surface area (Å²) in [7, 11) is 0. The smallest absolute Gasteiger partial charge is 0.131 e. The number of nitrogen functional groups attached to an aromatic ring is 1. The molecular weight excluding hydrogens is 236 g/mol. The summed E-state index contributed by atoms with van der Waals surface area (Å²) in [6, 6.07) is 6.06. The summed E-state index contributed by atoms with van der Waals surface area (Å²) in [6.07, 6.45) is 1.80. The lowest BCUT2D eigenvalue weighted by Crippen LogP contribution is -2.06. The van der Waals surface area contributed by atoms with Gasteiger partial charge in [0.2, 0.25) is 0 Å². The maximum absolute atomic E-state index is 6.01. The third-order valence-corrected chi connectivity index (χ3v) is 3.60. The van der Waals surface area contributed by atoms with Gasteiger partial charge in [-0.1, -0.05) is 12.1 Å². The fraction of sp³-hybridized carbons (Fsp3) is 0.312. The van der Waals surface area contributed by atoms with Gasteiger partial charge in [-0.05, 0) is 56.0 Å². The van der Waals surface area contributed by atoms with Gasteiger partial charge in [-0.25, -0.2) is 0 Å². The number of pyridine rings is 1. The van der Waals surface area contributed by atoms with E-state index in [1.165, 1.54) is 11.1 Å². The molecule has 100 valence electrons. The van der Waals surface area contributed by atoms with Crippen LogP contribution in [0.15, 0.2) is 24.4 Å². The summed E-state index contributed by atoms with van der Waals surface area (Å²) in [6.45, 7) is 8.53. The van der Waals surface area contributed by atoms with Crippen LogP contribution < -0.4 is 10.5 Å². The van der Waals surface area contributed by atoms with Crippen molar-refractivity contribution in [3.63, 3.8) is 0 Å². The Kier molecular flexibility index (Phi) is 3.74. The van der Waals surface area contributed by atoms with Crippen molar-refractivity contribution in [1.82, 2.24) is 4.98 Å². The highest BCUT2D eigenvalue weighted by molar-refractivity contribution is 5.53. The highest BCUT2D eigenvalue weighted by Gasteiger charge is 2.08. The van der Waals surface area contributed by atoms with Gasteiger partial charge in [0, 0.05) is 11.9 Å². The van der Waals surface area contributed by atoms with Crippen LogP contribution >= 0.6 is 0 Å².